The van der Waals surface area contributed by atoms with Crippen LogP contribution in [0.5, 0.6) is 0 Å². The van der Waals surface area contributed by atoms with Crippen molar-refractivity contribution in [2.24, 2.45) is 17.0 Å². The number of hydrogen-bond acceptors (Lipinski definition) is 7. The Morgan fingerprint density at radius 1 is 1.00 bits per heavy atom. The number of pyridine rings is 1. The van der Waals surface area contributed by atoms with Crippen molar-refractivity contribution in [1.29, 1.82) is 0 Å². The topological polar surface area (TPSA) is 94.9 Å². The molecule has 218 valence electrons. The Kier molecular flexibility index (Phi) is 12.2. The van der Waals surface area contributed by atoms with Crippen LogP contribution in [0.25, 0.3) is 10.8 Å². The Balaban J connectivity index is 1.58. The van der Waals surface area contributed by atoms with E-state index in [1.807, 2.05) is 44.2 Å². The summed E-state index contributed by atoms with van der Waals surface area (Å²) < 4.78 is 18.7. The summed E-state index contributed by atoms with van der Waals surface area (Å²) in [5.74, 6) is -3.16. The summed E-state index contributed by atoms with van der Waals surface area (Å²) in [7, 11) is 0. The normalized spacial score (nSPS) is 17.5. The molecule has 0 unspecified atom stereocenters. The van der Waals surface area contributed by atoms with Crippen molar-refractivity contribution in [3.05, 3.63) is 42.2 Å². The van der Waals surface area contributed by atoms with Crippen LogP contribution in [0, 0.1) is 11.8 Å². The third-order valence-corrected chi connectivity index (χ3v) is 7.79. The molecule has 3 rings (SSSR count). The Morgan fingerprint density at radius 2 is 1.70 bits per heavy atom. The Bertz CT molecular complexity index is 1180. The molecule has 0 spiro atoms. The fourth-order valence-electron chi connectivity index (χ4n) is 5.19. The fourth-order valence-corrected chi connectivity index (χ4v) is 5.19. The molecule has 1 aromatic carbocycles. The molecule has 1 aliphatic rings. The number of hydrogen-bond donors (Lipinski definition) is 0. The second-order valence-electron chi connectivity index (χ2n) is 11.1. The summed E-state index contributed by atoms with van der Waals surface area (Å²) in [4.78, 5) is 48.8. The van der Waals surface area contributed by atoms with Crippen LogP contribution in [0.4, 0.5) is 4.39 Å². The molecule has 1 aliphatic heterocycles. The maximum Gasteiger partial charge on any atom is 0.306 e. The average molecular weight is 555 g/mol. The van der Waals surface area contributed by atoms with Crippen molar-refractivity contribution >= 4 is 34.0 Å². The van der Waals surface area contributed by atoms with Crippen LogP contribution >= 0.6 is 0 Å². The van der Waals surface area contributed by atoms with E-state index < -0.39 is 29.9 Å². The number of aromatic nitrogens is 1. The first-order valence-electron chi connectivity index (χ1n) is 14.7. The van der Waals surface area contributed by atoms with E-state index in [0.717, 1.165) is 30.0 Å². The van der Waals surface area contributed by atoms with Crippen LogP contribution in [-0.2, 0) is 24.0 Å². The summed E-state index contributed by atoms with van der Waals surface area (Å²) in [6.45, 7) is 4.89. The molecule has 0 aliphatic carbocycles. The molecular formula is C32H43FN2O5. The molecule has 8 heteroatoms. The zero-order valence-corrected chi connectivity index (χ0v) is 24.1. The van der Waals surface area contributed by atoms with Gasteiger partial charge >= 0.3 is 5.97 Å². The number of rotatable bonds is 18. The van der Waals surface area contributed by atoms with Crippen molar-refractivity contribution in [2.45, 2.75) is 97.0 Å². The van der Waals surface area contributed by atoms with E-state index >= 15 is 0 Å². The monoisotopic (exact) mass is 554 g/mol. The molecule has 0 saturated carbocycles. The van der Waals surface area contributed by atoms with Gasteiger partial charge in [0.1, 0.15) is 12.4 Å². The number of carbonyl (C=O) groups is 3. The quantitative estimate of drug-likeness (QED) is 0.146. The summed E-state index contributed by atoms with van der Waals surface area (Å²) in [5.41, 5.74) is -0.157. The number of Topliss-reactive ketones (excluding diaryl/α,β-unsaturated/α-hetero) is 2. The van der Waals surface area contributed by atoms with Gasteiger partial charge in [0.2, 0.25) is 5.60 Å². The van der Waals surface area contributed by atoms with Crippen LogP contribution in [0.2, 0.25) is 0 Å². The molecule has 0 N–H and O–H groups in total. The number of unbranched alkanes of at least 4 members (excludes halogenated alkanes) is 7. The van der Waals surface area contributed by atoms with Crippen LogP contribution in [0.3, 0.4) is 0 Å². The highest BCUT2D eigenvalue weighted by Crippen LogP contribution is 2.37. The van der Waals surface area contributed by atoms with Crippen LogP contribution in [-0.4, -0.2) is 47.1 Å². The Labute approximate surface area is 236 Å². The third kappa shape index (κ3) is 8.18. The van der Waals surface area contributed by atoms with Gasteiger partial charge in [0, 0.05) is 36.3 Å². The third-order valence-electron chi connectivity index (χ3n) is 7.79. The number of halogens is 1. The van der Waals surface area contributed by atoms with Gasteiger partial charge in [-0.3, -0.25) is 19.4 Å². The lowest BCUT2D eigenvalue weighted by atomic mass is 9.77. The van der Waals surface area contributed by atoms with E-state index in [-0.39, 0.29) is 37.6 Å². The molecular weight excluding hydrogens is 511 g/mol. The second-order valence-corrected chi connectivity index (χ2v) is 11.1. The maximum atomic E-state index is 13.6. The predicted molar refractivity (Wildman–Crippen MR) is 154 cm³/mol. The highest BCUT2D eigenvalue weighted by atomic mass is 19.1. The molecule has 7 nitrogen and oxygen atoms in total. The standard InChI is InChI=1S/C32H43FN2O5/c1-4-5-6-7-8-9-10-13-18-39-30(38)20-25(28(36)22-33)19-29(37)32(23(2)3)21-27(35-40-32)31-26-15-12-11-14-24(26)16-17-34-31/h11-12,14-17,23,25H,4-10,13,18-22H2,1-3H3/t25-,32+/m0/s1. The van der Waals surface area contributed by atoms with Gasteiger partial charge in [-0.15, -0.1) is 0 Å². The van der Waals surface area contributed by atoms with Gasteiger partial charge < -0.3 is 9.57 Å². The highest BCUT2D eigenvalue weighted by molar-refractivity contribution is 6.12. The van der Waals surface area contributed by atoms with Crippen LogP contribution in [0.15, 0.2) is 41.7 Å². The minimum atomic E-state index is -1.33. The molecule has 0 saturated heterocycles. The number of nitrogens with zero attached hydrogens (tertiary/aromatic N) is 2. The number of carbonyl (C=O) groups excluding carboxylic acids is 3. The molecule has 40 heavy (non-hydrogen) atoms. The zero-order chi connectivity index (χ0) is 29.0. The summed E-state index contributed by atoms with van der Waals surface area (Å²) in [6.07, 6.45) is 10.1. The fraction of sp³-hybridized carbons (Fsp3) is 0.594. The molecule has 0 fully saturated rings. The molecule has 2 atom stereocenters. The maximum absolute atomic E-state index is 13.6. The highest BCUT2D eigenvalue weighted by Gasteiger charge is 2.50. The molecule has 0 radical (unpaired) electrons. The first-order valence-corrected chi connectivity index (χ1v) is 14.7. The number of ketones is 2. The Hall–Kier alpha value is -3.16. The van der Waals surface area contributed by atoms with Crippen molar-refractivity contribution in [3.8, 4) is 0 Å². The summed E-state index contributed by atoms with van der Waals surface area (Å²) >= 11 is 0. The predicted octanol–water partition coefficient (Wildman–Crippen LogP) is 6.94. The lowest BCUT2D eigenvalue weighted by Gasteiger charge is -2.30. The minimum Gasteiger partial charge on any atom is -0.466 e. The molecule has 2 aromatic rings. The SMILES string of the molecule is CCCCCCCCCCOC(=O)C[C@H](CC(=O)[C@]1(C(C)C)CC(c2nccc3ccccc23)=NO1)C(=O)CF. The van der Waals surface area contributed by atoms with E-state index in [0.29, 0.717) is 11.4 Å². The largest absolute Gasteiger partial charge is 0.466 e. The lowest BCUT2D eigenvalue weighted by Crippen LogP contribution is -2.45. The lowest BCUT2D eigenvalue weighted by molar-refractivity contribution is -0.152. The second kappa shape index (κ2) is 15.6. The summed E-state index contributed by atoms with van der Waals surface area (Å²) in [5, 5.41) is 6.13. The van der Waals surface area contributed by atoms with Crippen molar-refractivity contribution in [3.63, 3.8) is 0 Å². The molecule has 2 heterocycles. The number of ether oxygens (including phenoxy) is 1. The van der Waals surface area contributed by atoms with E-state index in [2.05, 4.69) is 17.1 Å². The first-order chi connectivity index (χ1) is 19.3. The van der Waals surface area contributed by atoms with Gasteiger partial charge in [0.05, 0.1) is 18.7 Å². The number of fused-ring (bicyclic) bond motifs is 1. The number of oxime groups is 1. The number of alkyl halides is 1. The first kappa shape index (κ1) is 31.4. The van der Waals surface area contributed by atoms with E-state index in [1.165, 1.54) is 32.1 Å². The van der Waals surface area contributed by atoms with Gasteiger partial charge in [-0.25, -0.2) is 4.39 Å². The van der Waals surface area contributed by atoms with Gasteiger partial charge in [-0.1, -0.05) is 95.1 Å². The Morgan fingerprint density at radius 3 is 2.40 bits per heavy atom. The molecule has 0 amide bonds. The number of benzene rings is 1. The smallest absolute Gasteiger partial charge is 0.306 e. The van der Waals surface area contributed by atoms with Gasteiger partial charge in [0.15, 0.2) is 11.6 Å². The summed E-state index contributed by atoms with van der Waals surface area (Å²) in [6, 6.07) is 9.65. The van der Waals surface area contributed by atoms with Gasteiger partial charge in [-0.2, -0.15) is 0 Å². The molecule has 1 aromatic heterocycles. The number of esters is 1. The van der Waals surface area contributed by atoms with Crippen LogP contribution in [0.1, 0.15) is 97.1 Å². The van der Waals surface area contributed by atoms with E-state index in [9.17, 15) is 18.8 Å². The van der Waals surface area contributed by atoms with Crippen molar-refractivity contribution in [2.75, 3.05) is 13.3 Å². The minimum absolute atomic E-state index is 0.171. The zero-order valence-electron chi connectivity index (χ0n) is 24.1. The van der Waals surface area contributed by atoms with Crippen LogP contribution < -0.4 is 0 Å². The van der Waals surface area contributed by atoms with E-state index in [1.54, 1.807) is 6.20 Å². The van der Waals surface area contributed by atoms with E-state index in [4.69, 9.17) is 9.57 Å². The average Bonchev–Trinajstić information content (AvgIpc) is 3.42. The van der Waals surface area contributed by atoms with Crippen molar-refractivity contribution in [1.82, 2.24) is 4.98 Å². The van der Waals surface area contributed by atoms with Gasteiger partial charge in [0.25, 0.3) is 0 Å². The van der Waals surface area contributed by atoms with Gasteiger partial charge in [-0.05, 0) is 17.9 Å². The van der Waals surface area contributed by atoms with Crippen molar-refractivity contribution < 1.29 is 28.3 Å². The molecule has 0 bridgehead atoms.